The molecule has 0 aliphatic carbocycles. The van der Waals surface area contributed by atoms with E-state index in [0.717, 1.165) is 0 Å². The van der Waals surface area contributed by atoms with Gasteiger partial charge in [-0.05, 0) is 6.92 Å². The van der Waals surface area contributed by atoms with Crippen molar-refractivity contribution in [2.45, 2.75) is 13.3 Å². The van der Waals surface area contributed by atoms with Gasteiger partial charge in [-0.1, -0.05) is 0 Å². The standard InChI is InChI=1S/C8H12N2O3/c1-6(11)5-10-3-2-7(12)9-4-8(10)13/h2-5H2,1H3,(H,9,12). The highest BCUT2D eigenvalue weighted by atomic mass is 16.2. The van der Waals surface area contributed by atoms with Crippen LogP contribution in [0.1, 0.15) is 13.3 Å². The Balaban J connectivity index is 2.57. The van der Waals surface area contributed by atoms with E-state index in [1.807, 2.05) is 0 Å². The Morgan fingerprint density at radius 3 is 2.85 bits per heavy atom. The molecule has 1 aliphatic rings. The molecule has 0 radical (unpaired) electrons. The first kappa shape index (κ1) is 9.70. The Morgan fingerprint density at radius 1 is 1.54 bits per heavy atom. The molecule has 5 nitrogen and oxygen atoms in total. The lowest BCUT2D eigenvalue weighted by Gasteiger charge is -2.17. The fourth-order valence-electron chi connectivity index (χ4n) is 1.17. The van der Waals surface area contributed by atoms with Gasteiger partial charge in [0.05, 0.1) is 13.1 Å². The summed E-state index contributed by atoms with van der Waals surface area (Å²) in [5.74, 6) is -0.400. The van der Waals surface area contributed by atoms with E-state index in [9.17, 15) is 14.4 Å². The largest absolute Gasteiger partial charge is 0.347 e. The van der Waals surface area contributed by atoms with Gasteiger partial charge >= 0.3 is 0 Å². The number of carbonyl (C=O) groups is 3. The van der Waals surface area contributed by atoms with Gasteiger partial charge in [0, 0.05) is 13.0 Å². The van der Waals surface area contributed by atoms with Gasteiger partial charge in [-0.2, -0.15) is 0 Å². The minimum absolute atomic E-state index is 0.00606. The van der Waals surface area contributed by atoms with Gasteiger partial charge in [0.1, 0.15) is 5.78 Å². The summed E-state index contributed by atoms with van der Waals surface area (Å²) in [5, 5.41) is 2.46. The highest BCUT2D eigenvalue weighted by Crippen LogP contribution is 1.97. The fraction of sp³-hybridized carbons (Fsp3) is 0.625. The molecule has 2 amide bonds. The molecule has 72 valence electrons. The highest BCUT2D eigenvalue weighted by Gasteiger charge is 2.20. The minimum Gasteiger partial charge on any atom is -0.347 e. The van der Waals surface area contributed by atoms with Crippen LogP contribution in [0, 0.1) is 0 Å². The molecule has 0 aromatic rings. The van der Waals surface area contributed by atoms with Crippen LogP contribution in [-0.4, -0.2) is 42.1 Å². The molecular weight excluding hydrogens is 172 g/mol. The first-order chi connectivity index (χ1) is 6.09. The monoisotopic (exact) mass is 184 g/mol. The van der Waals surface area contributed by atoms with E-state index in [1.54, 1.807) is 0 Å². The number of hydrogen-bond acceptors (Lipinski definition) is 3. The van der Waals surface area contributed by atoms with Crippen LogP contribution >= 0.6 is 0 Å². The summed E-state index contributed by atoms with van der Waals surface area (Å²) in [6.07, 6.45) is 0.277. The average Bonchev–Trinajstić information content (AvgIpc) is 2.19. The molecule has 1 fully saturated rings. The van der Waals surface area contributed by atoms with Crippen molar-refractivity contribution >= 4 is 17.6 Å². The zero-order chi connectivity index (χ0) is 9.84. The Hall–Kier alpha value is -1.39. The van der Waals surface area contributed by atoms with E-state index in [1.165, 1.54) is 11.8 Å². The quantitative estimate of drug-likeness (QED) is 0.594. The summed E-state index contributed by atoms with van der Waals surface area (Å²) < 4.78 is 0. The SMILES string of the molecule is CC(=O)CN1CCC(=O)NCC1=O. The zero-order valence-electron chi connectivity index (χ0n) is 7.50. The van der Waals surface area contributed by atoms with Crippen molar-refractivity contribution in [2.24, 2.45) is 0 Å². The molecule has 1 rings (SSSR count). The molecule has 0 saturated carbocycles. The van der Waals surface area contributed by atoms with E-state index in [0.29, 0.717) is 6.54 Å². The van der Waals surface area contributed by atoms with Crippen molar-refractivity contribution in [2.75, 3.05) is 19.6 Å². The van der Waals surface area contributed by atoms with Crippen LogP contribution in [0.25, 0.3) is 0 Å². The number of amides is 2. The Labute approximate surface area is 76.1 Å². The summed E-state index contributed by atoms with van der Waals surface area (Å²) in [7, 11) is 0. The van der Waals surface area contributed by atoms with Crippen LogP contribution in [0.15, 0.2) is 0 Å². The van der Waals surface area contributed by atoms with E-state index in [2.05, 4.69) is 5.32 Å². The molecule has 13 heavy (non-hydrogen) atoms. The Morgan fingerprint density at radius 2 is 2.23 bits per heavy atom. The van der Waals surface area contributed by atoms with Gasteiger partial charge in [-0.15, -0.1) is 0 Å². The number of nitrogens with one attached hydrogen (secondary N) is 1. The third kappa shape index (κ3) is 2.85. The third-order valence-corrected chi connectivity index (χ3v) is 1.81. The number of carbonyl (C=O) groups excluding carboxylic acids is 3. The maximum absolute atomic E-state index is 11.3. The Bertz CT molecular complexity index is 250. The fourth-order valence-corrected chi connectivity index (χ4v) is 1.17. The van der Waals surface area contributed by atoms with Gasteiger partial charge in [-0.25, -0.2) is 0 Å². The molecule has 0 aromatic carbocycles. The van der Waals surface area contributed by atoms with Crippen molar-refractivity contribution in [3.05, 3.63) is 0 Å². The number of rotatable bonds is 2. The van der Waals surface area contributed by atoms with Gasteiger partial charge in [0.2, 0.25) is 11.8 Å². The maximum Gasteiger partial charge on any atom is 0.242 e. The van der Waals surface area contributed by atoms with Gasteiger partial charge in [-0.3, -0.25) is 14.4 Å². The zero-order valence-corrected chi connectivity index (χ0v) is 7.50. The first-order valence-corrected chi connectivity index (χ1v) is 4.13. The first-order valence-electron chi connectivity index (χ1n) is 4.13. The van der Waals surface area contributed by atoms with Crippen LogP contribution < -0.4 is 5.32 Å². The smallest absolute Gasteiger partial charge is 0.242 e. The van der Waals surface area contributed by atoms with E-state index in [4.69, 9.17) is 0 Å². The van der Waals surface area contributed by atoms with Crippen LogP contribution in [0.2, 0.25) is 0 Å². The van der Waals surface area contributed by atoms with Crippen LogP contribution in [0.3, 0.4) is 0 Å². The lowest BCUT2D eigenvalue weighted by Crippen LogP contribution is -2.37. The topological polar surface area (TPSA) is 66.5 Å². The molecule has 0 atom stereocenters. The summed E-state index contributed by atoms with van der Waals surface area (Å²) >= 11 is 0. The van der Waals surface area contributed by atoms with Gasteiger partial charge < -0.3 is 10.2 Å². The van der Waals surface area contributed by atoms with Gasteiger partial charge in [0.25, 0.3) is 0 Å². The predicted molar refractivity (Wildman–Crippen MR) is 44.9 cm³/mol. The molecule has 1 heterocycles. The number of nitrogens with zero attached hydrogens (tertiary/aromatic N) is 1. The molecular formula is C8H12N2O3. The van der Waals surface area contributed by atoms with Gasteiger partial charge in [0.15, 0.2) is 0 Å². The molecule has 1 aliphatic heterocycles. The lowest BCUT2D eigenvalue weighted by molar-refractivity contribution is -0.133. The minimum atomic E-state index is -0.193. The summed E-state index contributed by atoms with van der Waals surface area (Å²) in [4.78, 5) is 34.3. The second-order valence-electron chi connectivity index (χ2n) is 3.04. The molecule has 1 N–H and O–H groups in total. The summed E-state index contributed by atoms with van der Waals surface area (Å²) in [5.41, 5.74) is 0. The highest BCUT2D eigenvalue weighted by molar-refractivity contribution is 5.90. The normalized spacial score (nSPS) is 18.1. The number of Topliss-reactive ketones (excluding diaryl/α,β-unsaturated/α-hetero) is 1. The van der Waals surface area contributed by atoms with E-state index in [-0.39, 0.29) is 37.1 Å². The molecule has 0 unspecified atom stereocenters. The van der Waals surface area contributed by atoms with Crippen molar-refractivity contribution in [3.63, 3.8) is 0 Å². The molecule has 1 saturated heterocycles. The number of hydrogen-bond donors (Lipinski definition) is 1. The second kappa shape index (κ2) is 4.02. The predicted octanol–water partition coefficient (Wildman–Crippen LogP) is -1.08. The molecule has 0 aromatic heterocycles. The maximum atomic E-state index is 11.3. The molecule has 0 spiro atoms. The summed E-state index contributed by atoms with van der Waals surface area (Å²) in [6.45, 7) is 1.87. The van der Waals surface area contributed by atoms with Crippen LogP contribution in [0.4, 0.5) is 0 Å². The van der Waals surface area contributed by atoms with E-state index < -0.39 is 0 Å². The molecule has 5 heteroatoms. The van der Waals surface area contributed by atoms with E-state index >= 15 is 0 Å². The Kier molecular flexibility index (Phi) is 3.00. The average molecular weight is 184 g/mol. The second-order valence-corrected chi connectivity index (χ2v) is 3.04. The van der Waals surface area contributed by atoms with Crippen LogP contribution in [0.5, 0.6) is 0 Å². The van der Waals surface area contributed by atoms with Crippen LogP contribution in [-0.2, 0) is 14.4 Å². The van der Waals surface area contributed by atoms with Crippen molar-refractivity contribution < 1.29 is 14.4 Å². The van der Waals surface area contributed by atoms with Crippen molar-refractivity contribution in [3.8, 4) is 0 Å². The molecule has 0 bridgehead atoms. The van der Waals surface area contributed by atoms with Crippen molar-refractivity contribution in [1.82, 2.24) is 10.2 Å². The summed E-state index contributed by atoms with van der Waals surface area (Å²) in [6, 6.07) is 0. The third-order valence-electron chi connectivity index (χ3n) is 1.81. The number of ketones is 1. The lowest BCUT2D eigenvalue weighted by atomic mass is 10.3. The van der Waals surface area contributed by atoms with Crippen molar-refractivity contribution in [1.29, 1.82) is 0 Å².